The minimum Gasteiger partial charge on any atom is -0.370 e. The van der Waals surface area contributed by atoms with Crippen molar-refractivity contribution in [1.29, 1.82) is 0 Å². The van der Waals surface area contributed by atoms with Crippen LogP contribution in [0.1, 0.15) is 38.2 Å². The lowest BCUT2D eigenvalue weighted by atomic mass is 10.0. The van der Waals surface area contributed by atoms with E-state index in [9.17, 15) is 8.42 Å². The Hall–Kier alpha value is -1.56. The van der Waals surface area contributed by atoms with Crippen LogP contribution < -0.4 is 11.1 Å². The van der Waals surface area contributed by atoms with Crippen molar-refractivity contribution in [3.8, 4) is 0 Å². The number of hydrogen-bond donors (Lipinski definition) is 2. The standard InChI is InChI=1S/C15H23N3O2S/c1-11(2)12-5-3-6-13(9-12)18-15(16)17-10-14-7-4-8-21(14,19)20/h3,5-6,9,11,14H,4,7-8,10H2,1-2H3,(H3,16,17,18). The quantitative estimate of drug-likeness (QED) is 0.659. The molecule has 116 valence electrons. The number of benzene rings is 1. The van der Waals surface area contributed by atoms with Gasteiger partial charge in [0.1, 0.15) is 0 Å². The Kier molecular flexibility index (Phi) is 4.88. The largest absolute Gasteiger partial charge is 0.370 e. The van der Waals surface area contributed by atoms with Gasteiger partial charge in [-0.2, -0.15) is 0 Å². The summed E-state index contributed by atoms with van der Waals surface area (Å²) < 4.78 is 23.4. The van der Waals surface area contributed by atoms with Crippen LogP contribution in [0, 0.1) is 0 Å². The molecule has 5 nitrogen and oxygen atoms in total. The van der Waals surface area contributed by atoms with Gasteiger partial charge in [0.25, 0.3) is 0 Å². The lowest BCUT2D eigenvalue weighted by molar-refractivity contribution is 0.590. The maximum absolute atomic E-state index is 11.7. The molecule has 1 saturated heterocycles. The minimum atomic E-state index is -2.96. The number of rotatable bonds is 4. The minimum absolute atomic E-state index is 0.241. The Morgan fingerprint density at radius 2 is 2.24 bits per heavy atom. The zero-order chi connectivity index (χ0) is 15.5. The summed E-state index contributed by atoms with van der Waals surface area (Å²) in [6.45, 7) is 4.49. The molecular weight excluding hydrogens is 286 g/mol. The summed E-state index contributed by atoms with van der Waals surface area (Å²) >= 11 is 0. The average molecular weight is 309 g/mol. The molecule has 1 unspecified atom stereocenters. The summed E-state index contributed by atoms with van der Waals surface area (Å²) in [7, 11) is -2.96. The number of nitrogens with one attached hydrogen (secondary N) is 1. The second kappa shape index (κ2) is 6.47. The van der Waals surface area contributed by atoms with Crippen LogP contribution in [-0.4, -0.2) is 31.9 Å². The van der Waals surface area contributed by atoms with Crippen LogP contribution in [0.25, 0.3) is 0 Å². The summed E-state index contributed by atoms with van der Waals surface area (Å²) in [5.74, 6) is 0.975. The summed E-state index contributed by atoms with van der Waals surface area (Å²) in [5.41, 5.74) is 7.93. The van der Waals surface area contributed by atoms with Crippen molar-refractivity contribution in [3.05, 3.63) is 29.8 Å². The first-order valence-corrected chi connectivity index (χ1v) is 8.98. The highest BCUT2D eigenvalue weighted by Crippen LogP contribution is 2.20. The van der Waals surface area contributed by atoms with E-state index < -0.39 is 9.84 Å². The van der Waals surface area contributed by atoms with E-state index in [4.69, 9.17) is 5.73 Å². The molecule has 1 heterocycles. The fraction of sp³-hybridized carbons (Fsp3) is 0.533. The van der Waals surface area contributed by atoms with E-state index in [1.54, 1.807) is 0 Å². The Morgan fingerprint density at radius 1 is 1.48 bits per heavy atom. The third-order valence-electron chi connectivity index (χ3n) is 3.75. The number of guanidine groups is 1. The zero-order valence-electron chi connectivity index (χ0n) is 12.5. The summed E-state index contributed by atoms with van der Waals surface area (Å²) in [6, 6.07) is 7.97. The van der Waals surface area contributed by atoms with Crippen LogP contribution in [0.15, 0.2) is 29.3 Å². The Labute approximate surface area is 126 Å². The third kappa shape index (κ3) is 4.20. The van der Waals surface area contributed by atoms with Crippen LogP contribution in [0.4, 0.5) is 5.69 Å². The van der Waals surface area contributed by atoms with Crippen molar-refractivity contribution in [1.82, 2.24) is 0 Å². The van der Waals surface area contributed by atoms with Crippen molar-refractivity contribution in [3.63, 3.8) is 0 Å². The normalized spacial score (nSPS) is 21.7. The molecule has 0 aromatic heterocycles. The molecule has 0 bridgehead atoms. The Balaban J connectivity index is 1.99. The second-order valence-corrected chi connectivity index (χ2v) is 8.16. The molecule has 1 aliphatic heterocycles. The molecule has 0 aliphatic carbocycles. The van der Waals surface area contributed by atoms with Gasteiger partial charge in [0.2, 0.25) is 0 Å². The van der Waals surface area contributed by atoms with Gasteiger partial charge in [-0.3, -0.25) is 4.99 Å². The van der Waals surface area contributed by atoms with Gasteiger partial charge in [-0.25, -0.2) is 8.42 Å². The van der Waals surface area contributed by atoms with Crippen LogP contribution in [0.2, 0.25) is 0 Å². The third-order valence-corrected chi connectivity index (χ3v) is 6.01. The Bertz CT molecular complexity index is 624. The fourth-order valence-electron chi connectivity index (χ4n) is 2.43. The first kappa shape index (κ1) is 15.8. The lowest BCUT2D eigenvalue weighted by Crippen LogP contribution is -2.26. The van der Waals surface area contributed by atoms with Crippen molar-refractivity contribution in [2.75, 3.05) is 17.6 Å². The van der Waals surface area contributed by atoms with Crippen LogP contribution in [-0.2, 0) is 9.84 Å². The van der Waals surface area contributed by atoms with Gasteiger partial charge in [-0.05, 0) is 36.5 Å². The number of hydrogen-bond acceptors (Lipinski definition) is 3. The smallest absolute Gasteiger partial charge is 0.193 e. The predicted molar refractivity (Wildman–Crippen MR) is 87.5 cm³/mol. The van der Waals surface area contributed by atoms with Gasteiger partial charge >= 0.3 is 0 Å². The SMILES string of the molecule is CC(C)c1cccc(NC(N)=NCC2CCCS2(=O)=O)c1. The maximum Gasteiger partial charge on any atom is 0.193 e. The highest BCUT2D eigenvalue weighted by atomic mass is 32.2. The van der Waals surface area contributed by atoms with E-state index >= 15 is 0 Å². The van der Waals surface area contributed by atoms with E-state index in [1.165, 1.54) is 5.56 Å². The molecule has 1 aliphatic rings. The molecule has 2 rings (SSSR count). The number of sulfone groups is 1. The molecule has 1 aromatic carbocycles. The van der Waals surface area contributed by atoms with E-state index in [-0.39, 0.29) is 23.5 Å². The van der Waals surface area contributed by atoms with Gasteiger partial charge in [0.15, 0.2) is 15.8 Å². The second-order valence-electron chi connectivity index (χ2n) is 5.76. The molecular formula is C15H23N3O2S. The van der Waals surface area contributed by atoms with Crippen LogP contribution >= 0.6 is 0 Å². The molecule has 21 heavy (non-hydrogen) atoms. The zero-order valence-corrected chi connectivity index (χ0v) is 13.4. The number of nitrogens with two attached hydrogens (primary N) is 1. The van der Waals surface area contributed by atoms with Gasteiger partial charge in [-0.15, -0.1) is 0 Å². The van der Waals surface area contributed by atoms with Crippen LogP contribution in [0.3, 0.4) is 0 Å². The maximum atomic E-state index is 11.7. The molecule has 6 heteroatoms. The number of anilines is 1. The summed E-state index contributed by atoms with van der Waals surface area (Å²) in [4.78, 5) is 4.18. The molecule has 0 radical (unpaired) electrons. The molecule has 1 atom stereocenters. The van der Waals surface area contributed by atoms with Gasteiger partial charge < -0.3 is 11.1 Å². The lowest BCUT2D eigenvalue weighted by Gasteiger charge is -2.11. The first-order chi connectivity index (χ1) is 9.88. The van der Waals surface area contributed by atoms with E-state index in [2.05, 4.69) is 30.2 Å². The highest BCUT2D eigenvalue weighted by molar-refractivity contribution is 7.92. The summed E-state index contributed by atoms with van der Waals surface area (Å²) in [5, 5.41) is 2.65. The fourth-order valence-corrected chi connectivity index (χ4v) is 4.16. The summed E-state index contributed by atoms with van der Waals surface area (Å²) in [6.07, 6.45) is 1.41. The van der Waals surface area contributed by atoms with Gasteiger partial charge in [-0.1, -0.05) is 26.0 Å². The monoisotopic (exact) mass is 309 g/mol. The number of nitrogens with zero attached hydrogens (tertiary/aromatic N) is 1. The van der Waals surface area contributed by atoms with E-state index in [1.807, 2.05) is 18.2 Å². The van der Waals surface area contributed by atoms with Crippen molar-refractivity contribution >= 4 is 21.5 Å². The predicted octanol–water partition coefficient (Wildman–Crippen LogP) is 2.11. The topological polar surface area (TPSA) is 84.5 Å². The van der Waals surface area contributed by atoms with Gasteiger partial charge in [0, 0.05) is 5.69 Å². The molecule has 0 amide bonds. The number of aliphatic imine (C=N–C) groups is 1. The Morgan fingerprint density at radius 3 is 2.86 bits per heavy atom. The highest BCUT2D eigenvalue weighted by Gasteiger charge is 2.30. The van der Waals surface area contributed by atoms with Gasteiger partial charge in [0.05, 0.1) is 17.5 Å². The molecule has 0 saturated carbocycles. The van der Waals surface area contributed by atoms with Crippen molar-refractivity contribution < 1.29 is 8.42 Å². The van der Waals surface area contributed by atoms with E-state index in [0.717, 1.165) is 12.1 Å². The van der Waals surface area contributed by atoms with Crippen molar-refractivity contribution in [2.45, 2.75) is 37.9 Å². The van der Waals surface area contributed by atoms with Crippen LogP contribution in [0.5, 0.6) is 0 Å². The molecule has 0 spiro atoms. The molecule has 1 fully saturated rings. The van der Waals surface area contributed by atoms with E-state index in [0.29, 0.717) is 12.3 Å². The van der Waals surface area contributed by atoms with Crippen molar-refractivity contribution in [2.24, 2.45) is 10.7 Å². The molecule has 1 aromatic rings. The average Bonchev–Trinajstić information content (AvgIpc) is 2.75. The first-order valence-electron chi connectivity index (χ1n) is 7.27. The molecule has 3 N–H and O–H groups in total.